The van der Waals surface area contributed by atoms with Gasteiger partial charge < -0.3 is 10.6 Å². The van der Waals surface area contributed by atoms with Crippen molar-refractivity contribution >= 4 is 18.3 Å². The number of carbonyl (C=O) groups is 1. The summed E-state index contributed by atoms with van der Waals surface area (Å²) in [6.45, 7) is 8.71. The maximum Gasteiger partial charge on any atom is 0.220 e. The third-order valence-electron chi connectivity index (χ3n) is 4.97. The number of benzene rings is 1. The Bertz CT molecular complexity index is 481. The molecule has 3 nitrogen and oxygen atoms in total. The van der Waals surface area contributed by atoms with Crippen LogP contribution >= 0.6 is 12.4 Å². The normalized spacial score (nSPS) is 16.5. The number of hydrogen-bond acceptors (Lipinski definition) is 2. The van der Waals surface area contributed by atoms with Crippen LogP contribution in [0, 0.1) is 11.8 Å². The molecule has 1 aliphatic rings. The maximum absolute atomic E-state index is 12.4. The maximum atomic E-state index is 12.4. The third-order valence-corrected chi connectivity index (χ3v) is 4.97. The Morgan fingerprint density at radius 3 is 2.38 bits per heavy atom. The molecule has 4 heteroatoms. The fourth-order valence-corrected chi connectivity index (χ4v) is 3.35. The molecular weight excluding hydrogens is 320 g/mol. The molecule has 136 valence electrons. The Morgan fingerprint density at radius 1 is 1.21 bits per heavy atom. The van der Waals surface area contributed by atoms with Gasteiger partial charge in [0, 0.05) is 6.42 Å². The number of rotatable bonds is 7. The van der Waals surface area contributed by atoms with Crippen molar-refractivity contribution in [2.24, 2.45) is 11.8 Å². The lowest BCUT2D eigenvalue weighted by molar-refractivity contribution is -0.122. The van der Waals surface area contributed by atoms with Crippen LogP contribution in [-0.4, -0.2) is 19.0 Å². The van der Waals surface area contributed by atoms with E-state index in [0.717, 1.165) is 25.9 Å². The Morgan fingerprint density at radius 2 is 1.83 bits per heavy atom. The summed E-state index contributed by atoms with van der Waals surface area (Å²) in [5, 5.41) is 6.63. The largest absolute Gasteiger partial charge is 0.349 e. The first-order valence-corrected chi connectivity index (χ1v) is 9.19. The van der Waals surface area contributed by atoms with E-state index in [1.54, 1.807) is 0 Å². The van der Waals surface area contributed by atoms with E-state index in [0.29, 0.717) is 18.3 Å². The molecule has 0 bridgehead atoms. The predicted octanol–water partition coefficient (Wildman–Crippen LogP) is 4.26. The first-order chi connectivity index (χ1) is 11.1. The molecule has 0 spiro atoms. The number of carbonyl (C=O) groups excluding carboxylic acids is 1. The minimum atomic E-state index is 0. The Labute approximate surface area is 153 Å². The number of nitrogens with one attached hydrogen (secondary N) is 2. The molecule has 1 fully saturated rings. The van der Waals surface area contributed by atoms with Crippen LogP contribution in [0.2, 0.25) is 0 Å². The highest BCUT2D eigenvalue weighted by molar-refractivity contribution is 5.85. The van der Waals surface area contributed by atoms with Gasteiger partial charge in [0.2, 0.25) is 5.91 Å². The molecular formula is C20H33ClN2O. The zero-order chi connectivity index (χ0) is 16.7. The molecule has 1 amide bonds. The van der Waals surface area contributed by atoms with Crippen molar-refractivity contribution in [2.75, 3.05) is 13.1 Å². The molecule has 1 aromatic carbocycles. The van der Waals surface area contributed by atoms with Crippen molar-refractivity contribution in [3.05, 3.63) is 35.4 Å². The van der Waals surface area contributed by atoms with Crippen LogP contribution in [0.3, 0.4) is 0 Å². The molecule has 2 N–H and O–H groups in total. The van der Waals surface area contributed by atoms with Gasteiger partial charge in [0.25, 0.3) is 0 Å². The van der Waals surface area contributed by atoms with Gasteiger partial charge in [-0.1, -0.05) is 45.0 Å². The molecule has 0 saturated carbocycles. The van der Waals surface area contributed by atoms with E-state index in [1.165, 1.54) is 24.0 Å². The quantitative estimate of drug-likeness (QED) is 0.769. The smallest absolute Gasteiger partial charge is 0.220 e. The Kier molecular flexibility index (Phi) is 9.38. The fourth-order valence-electron chi connectivity index (χ4n) is 3.35. The third kappa shape index (κ3) is 6.45. The van der Waals surface area contributed by atoms with Crippen molar-refractivity contribution in [1.29, 1.82) is 0 Å². The second-order valence-corrected chi connectivity index (χ2v) is 7.12. The van der Waals surface area contributed by atoms with Gasteiger partial charge in [-0.15, -0.1) is 12.4 Å². The average Bonchev–Trinajstić information content (AvgIpc) is 2.58. The van der Waals surface area contributed by atoms with E-state index < -0.39 is 0 Å². The van der Waals surface area contributed by atoms with Crippen molar-refractivity contribution < 1.29 is 4.79 Å². The van der Waals surface area contributed by atoms with E-state index in [9.17, 15) is 4.79 Å². The number of hydrogen-bond donors (Lipinski definition) is 2. The number of amides is 1. The van der Waals surface area contributed by atoms with Crippen LogP contribution < -0.4 is 10.6 Å². The average molecular weight is 353 g/mol. The summed E-state index contributed by atoms with van der Waals surface area (Å²) in [6.07, 6.45) is 5.14. The lowest BCUT2D eigenvalue weighted by Crippen LogP contribution is -2.33. The second-order valence-electron chi connectivity index (χ2n) is 7.12. The summed E-state index contributed by atoms with van der Waals surface area (Å²) in [7, 11) is 0. The van der Waals surface area contributed by atoms with Gasteiger partial charge in [-0.3, -0.25) is 4.79 Å². The number of aryl methyl sites for hydroxylation is 1. The summed E-state index contributed by atoms with van der Waals surface area (Å²) in [4.78, 5) is 12.4. The predicted molar refractivity (Wildman–Crippen MR) is 104 cm³/mol. The van der Waals surface area contributed by atoms with Crippen molar-refractivity contribution in [2.45, 2.75) is 58.9 Å². The summed E-state index contributed by atoms with van der Waals surface area (Å²) in [6, 6.07) is 8.78. The van der Waals surface area contributed by atoms with Crippen LogP contribution in [0.15, 0.2) is 24.3 Å². The number of halogens is 1. The topological polar surface area (TPSA) is 41.1 Å². The fraction of sp³-hybridized carbons (Fsp3) is 0.650. The van der Waals surface area contributed by atoms with Crippen molar-refractivity contribution in [3.63, 3.8) is 0 Å². The molecule has 1 heterocycles. The van der Waals surface area contributed by atoms with Crippen LogP contribution in [0.5, 0.6) is 0 Å². The Balaban J connectivity index is 0.00000288. The van der Waals surface area contributed by atoms with Crippen LogP contribution in [0.25, 0.3) is 0 Å². The van der Waals surface area contributed by atoms with Crippen molar-refractivity contribution in [1.82, 2.24) is 10.6 Å². The van der Waals surface area contributed by atoms with Crippen LogP contribution in [0.1, 0.15) is 63.6 Å². The lowest BCUT2D eigenvalue weighted by Gasteiger charge is -2.25. The van der Waals surface area contributed by atoms with Crippen molar-refractivity contribution in [3.8, 4) is 0 Å². The van der Waals surface area contributed by atoms with Gasteiger partial charge in [-0.25, -0.2) is 0 Å². The standard InChI is InChI=1S/C20H32N2O.ClH/c1-4-16-5-8-18(9-6-16)20(15(2)3)22-19(23)10-7-17-11-13-21-14-12-17;/h5-6,8-9,15,17,20-21H,4,7,10-14H2,1-3H3,(H,22,23);1H. The van der Waals surface area contributed by atoms with E-state index in [2.05, 4.69) is 55.7 Å². The Hall–Kier alpha value is -1.06. The summed E-state index contributed by atoms with van der Waals surface area (Å²) < 4.78 is 0. The van der Waals surface area contributed by atoms with E-state index in [4.69, 9.17) is 0 Å². The molecule has 2 rings (SSSR count). The molecule has 24 heavy (non-hydrogen) atoms. The minimum absolute atomic E-state index is 0. The monoisotopic (exact) mass is 352 g/mol. The van der Waals surface area contributed by atoms with Gasteiger partial charge >= 0.3 is 0 Å². The molecule has 1 unspecified atom stereocenters. The molecule has 1 aromatic rings. The highest BCUT2D eigenvalue weighted by Crippen LogP contribution is 2.23. The molecule has 0 radical (unpaired) electrons. The molecule has 1 saturated heterocycles. The molecule has 1 atom stereocenters. The SMILES string of the molecule is CCc1ccc(C(NC(=O)CCC2CCNCC2)C(C)C)cc1.Cl. The van der Waals surface area contributed by atoms with E-state index >= 15 is 0 Å². The first kappa shape index (κ1) is 21.0. The highest BCUT2D eigenvalue weighted by atomic mass is 35.5. The highest BCUT2D eigenvalue weighted by Gasteiger charge is 2.20. The van der Waals surface area contributed by atoms with Gasteiger partial charge in [-0.05, 0) is 61.7 Å². The first-order valence-electron chi connectivity index (χ1n) is 9.19. The molecule has 0 aliphatic carbocycles. The lowest BCUT2D eigenvalue weighted by atomic mass is 9.92. The second kappa shape index (κ2) is 10.7. The van der Waals surface area contributed by atoms with Gasteiger partial charge in [-0.2, -0.15) is 0 Å². The minimum Gasteiger partial charge on any atom is -0.349 e. The summed E-state index contributed by atoms with van der Waals surface area (Å²) >= 11 is 0. The van der Waals surface area contributed by atoms with Gasteiger partial charge in [0.15, 0.2) is 0 Å². The summed E-state index contributed by atoms with van der Waals surface area (Å²) in [5.41, 5.74) is 2.56. The van der Waals surface area contributed by atoms with Gasteiger partial charge in [0.1, 0.15) is 0 Å². The van der Waals surface area contributed by atoms with E-state index in [-0.39, 0.29) is 24.4 Å². The zero-order valence-corrected chi connectivity index (χ0v) is 16.1. The zero-order valence-electron chi connectivity index (χ0n) is 15.3. The van der Waals surface area contributed by atoms with Crippen LogP contribution in [-0.2, 0) is 11.2 Å². The van der Waals surface area contributed by atoms with Gasteiger partial charge in [0.05, 0.1) is 6.04 Å². The molecule has 0 aromatic heterocycles. The van der Waals surface area contributed by atoms with Crippen LogP contribution in [0.4, 0.5) is 0 Å². The summed E-state index contributed by atoms with van der Waals surface area (Å²) in [5.74, 6) is 1.30. The van der Waals surface area contributed by atoms with E-state index in [1.807, 2.05) is 0 Å². The molecule has 1 aliphatic heterocycles. The number of piperidine rings is 1.